The van der Waals surface area contributed by atoms with Crippen LogP contribution in [-0.4, -0.2) is 0 Å². The highest BCUT2D eigenvalue weighted by molar-refractivity contribution is 7.16. The van der Waals surface area contributed by atoms with Gasteiger partial charge in [0.15, 0.2) is 0 Å². The molecule has 2 nitrogen and oxygen atoms in total. The number of hydrazine groups is 1. The summed E-state index contributed by atoms with van der Waals surface area (Å²) in [5, 5.41) is 0. The number of hydrogen-bond acceptors (Lipinski definition) is 3. The summed E-state index contributed by atoms with van der Waals surface area (Å²) in [6.45, 7) is 2.14. The van der Waals surface area contributed by atoms with E-state index in [0.717, 1.165) is 15.6 Å². The van der Waals surface area contributed by atoms with E-state index in [2.05, 4.69) is 36.6 Å². The van der Waals surface area contributed by atoms with Gasteiger partial charge in [0, 0.05) is 4.88 Å². The highest BCUT2D eigenvalue weighted by atomic mass is 35.5. The summed E-state index contributed by atoms with van der Waals surface area (Å²) >= 11 is 7.51. The van der Waals surface area contributed by atoms with Crippen LogP contribution in [0.5, 0.6) is 0 Å². The fourth-order valence-electron chi connectivity index (χ4n) is 1.82. The Labute approximate surface area is 110 Å². The van der Waals surface area contributed by atoms with Gasteiger partial charge in [0.25, 0.3) is 0 Å². The number of hydrogen-bond donors (Lipinski definition) is 2. The van der Waals surface area contributed by atoms with Crippen LogP contribution >= 0.6 is 22.9 Å². The van der Waals surface area contributed by atoms with Gasteiger partial charge in [0.05, 0.1) is 10.4 Å². The smallest absolute Gasteiger partial charge is 0.0931 e. The number of rotatable bonds is 4. The van der Waals surface area contributed by atoms with Crippen LogP contribution in [0.4, 0.5) is 0 Å². The molecule has 3 N–H and O–H groups in total. The lowest BCUT2D eigenvalue weighted by Crippen LogP contribution is -2.28. The monoisotopic (exact) mass is 266 g/mol. The molecule has 2 rings (SSSR count). The summed E-state index contributed by atoms with van der Waals surface area (Å²) in [6, 6.07) is 12.4. The van der Waals surface area contributed by atoms with Crippen molar-refractivity contribution in [2.75, 3.05) is 0 Å². The zero-order valence-electron chi connectivity index (χ0n) is 9.61. The van der Waals surface area contributed by atoms with E-state index in [1.54, 1.807) is 11.3 Å². The highest BCUT2D eigenvalue weighted by Crippen LogP contribution is 2.30. The minimum atomic E-state index is 0.0130. The normalized spacial score (nSPS) is 12.6. The molecule has 1 aromatic heterocycles. The second-order valence-corrected chi connectivity index (χ2v) is 5.59. The van der Waals surface area contributed by atoms with Crippen molar-refractivity contribution in [3.05, 3.63) is 56.7 Å². The van der Waals surface area contributed by atoms with Gasteiger partial charge in [0.1, 0.15) is 0 Å². The number of benzene rings is 1. The SMILES string of the molecule is CCc1cccc(C(NN)c2ccc(Cl)s2)c1. The first-order valence-corrected chi connectivity index (χ1v) is 6.74. The number of thiophene rings is 1. The number of nitrogens with one attached hydrogen (secondary N) is 1. The van der Waals surface area contributed by atoms with Gasteiger partial charge in [0.2, 0.25) is 0 Å². The van der Waals surface area contributed by atoms with Gasteiger partial charge < -0.3 is 0 Å². The second kappa shape index (κ2) is 5.65. The van der Waals surface area contributed by atoms with Crippen LogP contribution < -0.4 is 11.3 Å². The summed E-state index contributed by atoms with van der Waals surface area (Å²) in [5.41, 5.74) is 5.33. The maximum atomic E-state index is 5.96. The average molecular weight is 267 g/mol. The summed E-state index contributed by atoms with van der Waals surface area (Å²) < 4.78 is 0.784. The van der Waals surface area contributed by atoms with Crippen molar-refractivity contribution in [3.63, 3.8) is 0 Å². The number of aryl methyl sites for hydroxylation is 1. The zero-order valence-corrected chi connectivity index (χ0v) is 11.2. The number of halogens is 1. The van der Waals surface area contributed by atoms with E-state index in [4.69, 9.17) is 17.4 Å². The van der Waals surface area contributed by atoms with Crippen LogP contribution in [0.3, 0.4) is 0 Å². The molecular weight excluding hydrogens is 252 g/mol. The van der Waals surface area contributed by atoms with Crippen molar-refractivity contribution in [1.82, 2.24) is 5.43 Å². The predicted octanol–water partition coefficient (Wildman–Crippen LogP) is 3.52. The van der Waals surface area contributed by atoms with Crippen molar-refractivity contribution in [2.45, 2.75) is 19.4 Å². The molecule has 1 atom stereocenters. The Morgan fingerprint density at radius 2 is 2.18 bits per heavy atom. The molecule has 0 radical (unpaired) electrons. The molecule has 17 heavy (non-hydrogen) atoms. The molecule has 0 aliphatic heterocycles. The molecule has 4 heteroatoms. The fourth-order valence-corrected chi connectivity index (χ4v) is 2.97. The summed E-state index contributed by atoms with van der Waals surface area (Å²) in [7, 11) is 0. The Balaban J connectivity index is 2.34. The fraction of sp³-hybridized carbons (Fsp3) is 0.231. The molecule has 0 aliphatic carbocycles. The van der Waals surface area contributed by atoms with Gasteiger partial charge >= 0.3 is 0 Å². The maximum absolute atomic E-state index is 5.96. The van der Waals surface area contributed by atoms with E-state index in [1.165, 1.54) is 11.1 Å². The lowest BCUT2D eigenvalue weighted by molar-refractivity contribution is 0.646. The molecule has 1 heterocycles. The molecule has 0 spiro atoms. The zero-order chi connectivity index (χ0) is 12.3. The first-order chi connectivity index (χ1) is 8.24. The van der Waals surface area contributed by atoms with Gasteiger partial charge in [-0.3, -0.25) is 5.84 Å². The van der Waals surface area contributed by atoms with E-state index >= 15 is 0 Å². The predicted molar refractivity (Wildman–Crippen MR) is 74.3 cm³/mol. The van der Waals surface area contributed by atoms with Crippen LogP contribution in [0, 0.1) is 0 Å². The number of nitrogens with two attached hydrogens (primary N) is 1. The van der Waals surface area contributed by atoms with Crippen LogP contribution in [0.1, 0.15) is 29.0 Å². The van der Waals surface area contributed by atoms with Crippen molar-refractivity contribution < 1.29 is 0 Å². The van der Waals surface area contributed by atoms with E-state index in [1.807, 2.05) is 12.1 Å². The Morgan fingerprint density at radius 1 is 1.35 bits per heavy atom. The second-order valence-electron chi connectivity index (χ2n) is 3.84. The van der Waals surface area contributed by atoms with Gasteiger partial charge in [-0.05, 0) is 29.7 Å². The third-order valence-corrected chi connectivity index (χ3v) is 4.03. The minimum absolute atomic E-state index is 0.0130. The quantitative estimate of drug-likeness (QED) is 0.656. The first-order valence-electron chi connectivity index (χ1n) is 5.54. The van der Waals surface area contributed by atoms with Crippen molar-refractivity contribution in [3.8, 4) is 0 Å². The minimum Gasteiger partial charge on any atom is -0.271 e. The molecule has 0 saturated carbocycles. The van der Waals surface area contributed by atoms with Crippen molar-refractivity contribution in [2.24, 2.45) is 5.84 Å². The van der Waals surface area contributed by atoms with Crippen molar-refractivity contribution >= 4 is 22.9 Å². The van der Waals surface area contributed by atoms with E-state index < -0.39 is 0 Å². The van der Waals surface area contributed by atoms with Gasteiger partial charge in [-0.15, -0.1) is 11.3 Å². The molecule has 0 bridgehead atoms. The molecule has 2 aromatic rings. The lowest BCUT2D eigenvalue weighted by atomic mass is 10.0. The van der Waals surface area contributed by atoms with Gasteiger partial charge in [-0.2, -0.15) is 0 Å². The molecule has 0 amide bonds. The topological polar surface area (TPSA) is 38.0 Å². The molecule has 0 saturated heterocycles. The van der Waals surface area contributed by atoms with E-state index in [9.17, 15) is 0 Å². The van der Waals surface area contributed by atoms with E-state index in [-0.39, 0.29) is 6.04 Å². The Hall–Kier alpha value is -0.870. The van der Waals surface area contributed by atoms with E-state index in [0.29, 0.717) is 0 Å². The lowest BCUT2D eigenvalue weighted by Gasteiger charge is -2.15. The largest absolute Gasteiger partial charge is 0.271 e. The van der Waals surface area contributed by atoms with Gasteiger partial charge in [-0.1, -0.05) is 42.8 Å². The molecule has 0 aliphatic rings. The third-order valence-electron chi connectivity index (χ3n) is 2.74. The molecule has 90 valence electrons. The molecular formula is C13H15ClN2S. The molecule has 1 aromatic carbocycles. The highest BCUT2D eigenvalue weighted by Gasteiger charge is 2.14. The van der Waals surface area contributed by atoms with Crippen LogP contribution in [0.2, 0.25) is 4.34 Å². The standard InChI is InChI=1S/C13H15ClN2S/c1-2-9-4-3-5-10(8-9)13(16-15)11-6-7-12(14)17-11/h3-8,13,16H,2,15H2,1H3. The Bertz CT molecular complexity index is 496. The van der Waals surface area contributed by atoms with Crippen LogP contribution in [0.25, 0.3) is 0 Å². The summed E-state index contributed by atoms with van der Waals surface area (Å²) in [5.74, 6) is 5.65. The summed E-state index contributed by atoms with van der Waals surface area (Å²) in [4.78, 5) is 1.13. The van der Waals surface area contributed by atoms with Crippen LogP contribution in [-0.2, 0) is 6.42 Å². The van der Waals surface area contributed by atoms with Crippen molar-refractivity contribution in [1.29, 1.82) is 0 Å². The Kier molecular flexibility index (Phi) is 4.18. The Morgan fingerprint density at radius 3 is 2.76 bits per heavy atom. The average Bonchev–Trinajstić information content (AvgIpc) is 2.77. The third kappa shape index (κ3) is 2.87. The summed E-state index contributed by atoms with van der Waals surface area (Å²) in [6.07, 6.45) is 1.02. The maximum Gasteiger partial charge on any atom is 0.0931 e. The molecule has 0 fully saturated rings. The first kappa shape index (κ1) is 12.6. The van der Waals surface area contributed by atoms with Gasteiger partial charge in [-0.25, -0.2) is 5.43 Å². The molecule has 1 unspecified atom stereocenters. The van der Waals surface area contributed by atoms with Crippen LogP contribution in [0.15, 0.2) is 36.4 Å².